The number of carbonyl (C=O) groups excluding carboxylic acids is 1. The molecule has 106 valence electrons. The summed E-state index contributed by atoms with van der Waals surface area (Å²) in [4.78, 5) is 25.3. The number of nitrogens with zero attached hydrogens (tertiary/aromatic N) is 3. The van der Waals surface area contributed by atoms with Gasteiger partial charge in [0.15, 0.2) is 0 Å². The Balaban J connectivity index is 1.86. The van der Waals surface area contributed by atoms with E-state index in [0.717, 1.165) is 0 Å². The van der Waals surface area contributed by atoms with E-state index in [-0.39, 0.29) is 11.4 Å². The number of amides is 2. The first-order valence-corrected chi connectivity index (χ1v) is 5.88. The van der Waals surface area contributed by atoms with Gasteiger partial charge in [0.25, 0.3) is 0 Å². The topological polar surface area (TPSA) is 125 Å². The van der Waals surface area contributed by atoms with Gasteiger partial charge in [0.1, 0.15) is 5.69 Å². The summed E-state index contributed by atoms with van der Waals surface area (Å²) in [5.74, 6) is -1.13. The number of anilines is 1. The van der Waals surface area contributed by atoms with Gasteiger partial charge < -0.3 is 20.7 Å². The molecule has 2 aromatic rings. The van der Waals surface area contributed by atoms with Gasteiger partial charge in [0, 0.05) is 18.4 Å². The van der Waals surface area contributed by atoms with Gasteiger partial charge in [-0.05, 0) is 13.0 Å². The van der Waals surface area contributed by atoms with Crippen LogP contribution in [-0.4, -0.2) is 43.6 Å². The monoisotopic (exact) mass is 278 g/mol. The molecule has 0 unspecified atom stereocenters. The number of aromatic carboxylic acids is 1. The highest BCUT2D eigenvalue weighted by Gasteiger charge is 2.14. The minimum Gasteiger partial charge on any atom is -0.477 e. The molecule has 0 saturated carbocycles. The molecule has 9 nitrogen and oxygen atoms in total. The minimum absolute atomic E-state index is 0.0473. The molecule has 4 N–H and O–H groups in total. The van der Waals surface area contributed by atoms with E-state index in [4.69, 9.17) is 5.11 Å². The second kappa shape index (κ2) is 5.87. The molecule has 2 heterocycles. The van der Waals surface area contributed by atoms with Crippen molar-refractivity contribution >= 4 is 17.7 Å². The quantitative estimate of drug-likeness (QED) is 0.631. The molecule has 0 aromatic carbocycles. The van der Waals surface area contributed by atoms with Crippen molar-refractivity contribution in [3.8, 4) is 0 Å². The lowest BCUT2D eigenvalue weighted by atomic mass is 10.3. The average molecular weight is 278 g/mol. The van der Waals surface area contributed by atoms with Crippen LogP contribution < -0.4 is 10.6 Å². The van der Waals surface area contributed by atoms with Crippen molar-refractivity contribution < 1.29 is 14.7 Å². The molecule has 0 atom stereocenters. The molecule has 2 amide bonds. The van der Waals surface area contributed by atoms with Gasteiger partial charge >= 0.3 is 12.0 Å². The molecule has 0 bridgehead atoms. The molecular formula is C11H14N6O3. The summed E-state index contributed by atoms with van der Waals surface area (Å²) >= 11 is 0. The number of hydrogen-bond acceptors (Lipinski definition) is 4. The van der Waals surface area contributed by atoms with Crippen molar-refractivity contribution in [2.45, 2.75) is 13.5 Å². The predicted octanol–water partition coefficient (Wildman–Crippen LogP) is 0.435. The third-order valence-electron chi connectivity index (χ3n) is 2.51. The Kier molecular flexibility index (Phi) is 3.99. The Morgan fingerprint density at radius 3 is 2.95 bits per heavy atom. The van der Waals surface area contributed by atoms with Crippen molar-refractivity contribution in [1.29, 1.82) is 0 Å². The number of urea groups is 1. The van der Waals surface area contributed by atoms with Crippen molar-refractivity contribution in [3.05, 3.63) is 29.8 Å². The van der Waals surface area contributed by atoms with E-state index in [1.807, 2.05) is 0 Å². The summed E-state index contributed by atoms with van der Waals surface area (Å²) in [5, 5.41) is 21.4. The maximum Gasteiger partial charge on any atom is 0.354 e. The SMILES string of the molecule is Cc1cc(NC(=O)NCCn2ccnn2)c(C(=O)O)[nH]1. The highest BCUT2D eigenvalue weighted by atomic mass is 16.4. The van der Waals surface area contributed by atoms with E-state index in [0.29, 0.717) is 18.8 Å². The summed E-state index contributed by atoms with van der Waals surface area (Å²) in [6, 6.07) is 1.08. The third-order valence-corrected chi connectivity index (χ3v) is 2.51. The van der Waals surface area contributed by atoms with Crippen LogP contribution in [-0.2, 0) is 6.54 Å². The number of hydrogen-bond donors (Lipinski definition) is 4. The van der Waals surface area contributed by atoms with Gasteiger partial charge in [0.2, 0.25) is 0 Å². The van der Waals surface area contributed by atoms with Crippen LogP contribution in [0.4, 0.5) is 10.5 Å². The highest BCUT2D eigenvalue weighted by molar-refractivity contribution is 5.99. The number of rotatable bonds is 5. The van der Waals surface area contributed by atoms with Crippen molar-refractivity contribution in [2.75, 3.05) is 11.9 Å². The zero-order valence-corrected chi connectivity index (χ0v) is 10.8. The molecule has 20 heavy (non-hydrogen) atoms. The molecule has 0 spiro atoms. The molecule has 0 fully saturated rings. The predicted molar refractivity (Wildman–Crippen MR) is 69.5 cm³/mol. The van der Waals surface area contributed by atoms with E-state index in [9.17, 15) is 9.59 Å². The number of nitrogens with one attached hydrogen (secondary N) is 3. The average Bonchev–Trinajstić information content (AvgIpc) is 2.99. The minimum atomic E-state index is -1.13. The normalized spacial score (nSPS) is 10.2. The Hall–Kier alpha value is -2.84. The number of carboxylic acids is 1. The van der Waals surface area contributed by atoms with Gasteiger partial charge in [-0.1, -0.05) is 5.21 Å². The fourth-order valence-electron chi connectivity index (χ4n) is 1.66. The Labute approximate surface area is 114 Å². The van der Waals surface area contributed by atoms with Gasteiger partial charge in [-0.25, -0.2) is 9.59 Å². The number of aromatic amines is 1. The summed E-state index contributed by atoms with van der Waals surface area (Å²) in [6.45, 7) is 2.53. The number of aryl methyl sites for hydroxylation is 1. The lowest BCUT2D eigenvalue weighted by molar-refractivity contribution is 0.0692. The van der Waals surface area contributed by atoms with Crippen LogP contribution in [0, 0.1) is 6.92 Å². The molecule has 9 heteroatoms. The largest absolute Gasteiger partial charge is 0.477 e. The standard InChI is InChI=1S/C11H14N6O3/c1-7-6-8(9(14-7)10(18)19)15-11(20)12-2-4-17-5-3-13-16-17/h3,5-6,14H,2,4H2,1H3,(H,18,19)(H2,12,15,20). The third kappa shape index (κ3) is 3.34. The second-order valence-electron chi connectivity index (χ2n) is 4.09. The maximum absolute atomic E-state index is 11.7. The Bertz CT molecular complexity index is 604. The lowest BCUT2D eigenvalue weighted by Crippen LogP contribution is -2.32. The fraction of sp³-hybridized carbons (Fsp3) is 0.273. The molecule has 0 radical (unpaired) electrons. The summed E-state index contributed by atoms with van der Waals surface area (Å²) in [5.41, 5.74) is 0.836. The molecule has 2 aromatic heterocycles. The highest BCUT2D eigenvalue weighted by Crippen LogP contribution is 2.16. The number of carboxylic acid groups (broad SMARTS) is 1. The van der Waals surface area contributed by atoms with Crippen LogP contribution in [0.2, 0.25) is 0 Å². The van der Waals surface area contributed by atoms with E-state index in [2.05, 4.69) is 25.9 Å². The lowest BCUT2D eigenvalue weighted by Gasteiger charge is -2.06. The molecular weight excluding hydrogens is 264 g/mol. The van der Waals surface area contributed by atoms with Gasteiger partial charge in [0.05, 0.1) is 18.4 Å². The number of H-pyrrole nitrogens is 1. The van der Waals surface area contributed by atoms with Crippen molar-refractivity contribution in [1.82, 2.24) is 25.3 Å². The summed E-state index contributed by atoms with van der Waals surface area (Å²) in [6.07, 6.45) is 3.22. The Morgan fingerprint density at radius 1 is 1.50 bits per heavy atom. The molecule has 0 aliphatic rings. The van der Waals surface area contributed by atoms with Crippen molar-refractivity contribution in [2.24, 2.45) is 0 Å². The van der Waals surface area contributed by atoms with Crippen LogP contribution in [0.5, 0.6) is 0 Å². The van der Waals surface area contributed by atoms with Crippen LogP contribution in [0.3, 0.4) is 0 Å². The van der Waals surface area contributed by atoms with Gasteiger partial charge in [-0.2, -0.15) is 0 Å². The van der Waals surface area contributed by atoms with E-state index < -0.39 is 12.0 Å². The molecule has 0 aliphatic heterocycles. The number of carbonyl (C=O) groups is 2. The van der Waals surface area contributed by atoms with Crippen LogP contribution in [0.25, 0.3) is 0 Å². The molecule has 0 aliphatic carbocycles. The van der Waals surface area contributed by atoms with Crippen LogP contribution in [0.1, 0.15) is 16.2 Å². The van der Waals surface area contributed by atoms with Crippen LogP contribution in [0.15, 0.2) is 18.5 Å². The first kappa shape index (κ1) is 13.6. The fourth-order valence-corrected chi connectivity index (χ4v) is 1.66. The first-order valence-electron chi connectivity index (χ1n) is 5.88. The molecule has 2 rings (SSSR count). The Morgan fingerprint density at radius 2 is 2.30 bits per heavy atom. The van der Waals surface area contributed by atoms with Gasteiger partial charge in [-0.3, -0.25) is 4.68 Å². The van der Waals surface area contributed by atoms with E-state index in [1.54, 1.807) is 30.1 Å². The first-order chi connectivity index (χ1) is 9.56. The summed E-state index contributed by atoms with van der Waals surface area (Å²) in [7, 11) is 0. The molecule has 0 saturated heterocycles. The second-order valence-corrected chi connectivity index (χ2v) is 4.09. The van der Waals surface area contributed by atoms with Crippen LogP contribution >= 0.6 is 0 Å². The smallest absolute Gasteiger partial charge is 0.354 e. The van der Waals surface area contributed by atoms with Gasteiger partial charge in [-0.15, -0.1) is 5.10 Å². The summed E-state index contributed by atoms with van der Waals surface area (Å²) < 4.78 is 1.57. The zero-order valence-electron chi connectivity index (χ0n) is 10.8. The van der Waals surface area contributed by atoms with Crippen molar-refractivity contribution in [3.63, 3.8) is 0 Å². The number of aromatic nitrogens is 4. The van der Waals surface area contributed by atoms with E-state index >= 15 is 0 Å². The zero-order chi connectivity index (χ0) is 14.5. The van der Waals surface area contributed by atoms with E-state index in [1.165, 1.54) is 0 Å². The maximum atomic E-state index is 11.7.